The van der Waals surface area contributed by atoms with Crippen LogP contribution in [0.4, 0.5) is 0 Å². The number of aromatic hydroxyl groups is 1. The van der Waals surface area contributed by atoms with Crippen molar-refractivity contribution in [3.05, 3.63) is 95.6 Å². The molecular weight excluding hydrogens is 406 g/mol. The van der Waals surface area contributed by atoms with Crippen LogP contribution < -0.4 is 4.74 Å². The van der Waals surface area contributed by atoms with Crippen molar-refractivity contribution in [2.45, 2.75) is 46.1 Å². The minimum Gasteiger partial charge on any atom is -0.508 e. The van der Waals surface area contributed by atoms with Gasteiger partial charge in [-0.1, -0.05) is 75.4 Å². The molecule has 0 radical (unpaired) electrons. The van der Waals surface area contributed by atoms with Gasteiger partial charge in [-0.05, 0) is 85.0 Å². The van der Waals surface area contributed by atoms with E-state index in [0.717, 1.165) is 36.4 Å². The lowest BCUT2D eigenvalue weighted by Gasteiger charge is -2.20. The second-order valence-corrected chi connectivity index (χ2v) is 8.23. The number of likely N-dealkylation sites (N-methyl/N-ethyl adjacent to an activating group) is 1. The maximum absolute atomic E-state index is 9.79. The smallest absolute Gasteiger partial charge is 0.119 e. The lowest BCUT2D eigenvalue weighted by molar-refractivity contribution is 0.198. The quantitative estimate of drug-likeness (QED) is 0.390. The molecule has 3 heteroatoms. The standard InChI is InChI=1S/C28H31NO2.C2H6/c1-3-27(21-8-5-4-6-9-21)28(22-11-15-25(30)16-12-22)23-13-17-26(18-14-23)31-20-24-10-7-19-29(24)2;1-2/h4-6,8-9,11-18,24,30H,3,7,10,19-20H2,1-2H3;1-2H3/b28-27-;. The molecule has 3 aromatic carbocycles. The number of phenols is 1. The number of rotatable bonds is 7. The van der Waals surface area contributed by atoms with Gasteiger partial charge in [0.15, 0.2) is 0 Å². The molecule has 1 heterocycles. The Hall–Kier alpha value is -3.04. The van der Waals surface area contributed by atoms with Gasteiger partial charge in [0, 0.05) is 6.04 Å². The largest absolute Gasteiger partial charge is 0.508 e. The van der Waals surface area contributed by atoms with Crippen molar-refractivity contribution in [1.82, 2.24) is 4.90 Å². The molecule has 0 bridgehead atoms. The predicted octanol–water partition coefficient (Wildman–Crippen LogP) is 7.26. The third kappa shape index (κ3) is 6.27. The summed E-state index contributed by atoms with van der Waals surface area (Å²) in [7, 11) is 2.18. The van der Waals surface area contributed by atoms with Crippen molar-refractivity contribution in [2.24, 2.45) is 0 Å². The van der Waals surface area contributed by atoms with E-state index >= 15 is 0 Å². The molecule has 3 nitrogen and oxygen atoms in total. The zero-order valence-corrected chi connectivity index (χ0v) is 20.4. The molecule has 3 aromatic rings. The molecule has 4 rings (SSSR count). The Morgan fingerprint density at radius 1 is 0.879 bits per heavy atom. The first-order valence-electron chi connectivity index (χ1n) is 12.2. The maximum atomic E-state index is 9.79. The Morgan fingerprint density at radius 3 is 2.03 bits per heavy atom. The number of hydrogen-bond donors (Lipinski definition) is 1. The van der Waals surface area contributed by atoms with E-state index in [1.165, 1.54) is 29.6 Å². The predicted molar refractivity (Wildman–Crippen MR) is 140 cm³/mol. The minimum absolute atomic E-state index is 0.279. The van der Waals surface area contributed by atoms with Gasteiger partial charge in [0.05, 0.1) is 0 Å². The number of likely N-dealkylation sites (tertiary alicyclic amines) is 1. The number of allylic oxidation sites excluding steroid dienone is 1. The zero-order chi connectivity index (χ0) is 23.6. The van der Waals surface area contributed by atoms with Crippen LogP contribution in [0.2, 0.25) is 0 Å². The van der Waals surface area contributed by atoms with Gasteiger partial charge in [-0.3, -0.25) is 0 Å². The lowest BCUT2D eigenvalue weighted by Crippen LogP contribution is -2.30. The monoisotopic (exact) mass is 443 g/mol. The highest BCUT2D eigenvalue weighted by molar-refractivity contribution is 5.98. The minimum atomic E-state index is 0.279. The molecule has 1 N–H and O–H groups in total. The van der Waals surface area contributed by atoms with Crippen molar-refractivity contribution < 1.29 is 9.84 Å². The van der Waals surface area contributed by atoms with E-state index < -0.39 is 0 Å². The van der Waals surface area contributed by atoms with Crippen LogP contribution in [-0.2, 0) is 0 Å². The van der Waals surface area contributed by atoms with E-state index in [1.54, 1.807) is 12.1 Å². The van der Waals surface area contributed by atoms with Gasteiger partial charge >= 0.3 is 0 Å². The molecule has 1 fully saturated rings. The average molecular weight is 444 g/mol. The molecule has 1 aliphatic heterocycles. The van der Waals surface area contributed by atoms with Crippen molar-refractivity contribution in [2.75, 3.05) is 20.2 Å². The van der Waals surface area contributed by atoms with Crippen LogP contribution in [0.3, 0.4) is 0 Å². The molecular formula is C30H37NO2. The molecule has 0 spiro atoms. The van der Waals surface area contributed by atoms with Gasteiger partial charge < -0.3 is 14.7 Å². The van der Waals surface area contributed by atoms with E-state index in [1.807, 2.05) is 32.0 Å². The first-order chi connectivity index (χ1) is 16.2. The fourth-order valence-electron chi connectivity index (χ4n) is 4.41. The number of phenolic OH excluding ortho intramolecular Hbond substituents is 1. The van der Waals surface area contributed by atoms with Crippen LogP contribution in [0, 0.1) is 0 Å². The normalized spacial score (nSPS) is 16.5. The Kier molecular flexibility index (Phi) is 9.14. The van der Waals surface area contributed by atoms with Gasteiger partial charge in [0.2, 0.25) is 0 Å². The van der Waals surface area contributed by atoms with E-state index in [0.29, 0.717) is 6.04 Å². The summed E-state index contributed by atoms with van der Waals surface area (Å²) in [5.74, 6) is 1.19. The van der Waals surface area contributed by atoms with E-state index in [4.69, 9.17) is 4.74 Å². The SMILES string of the molecule is CC.CC/C(=C(\c1ccc(O)cc1)c1ccc(OCC2CCCN2C)cc1)c1ccccc1. The Balaban J connectivity index is 0.00000149. The average Bonchev–Trinajstić information content (AvgIpc) is 3.29. The highest BCUT2D eigenvalue weighted by Crippen LogP contribution is 2.35. The fraction of sp³-hybridized carbons (Fsp3) is 0.333. The summed E-state index contributed by atoms with van der Waals surface area (Å²) < 4.78 is 6.10. The summed E-state index contributed by atoms with van der Waals surface area (Å²) in [5, 5.41) is 9.79. The lowest BCUT2D eigenvalue weighted by atomic mass is 9.88. The maximum Gasteiger partial charge on any atom is 0.119 e. The van der Waals surface area contributed by atoms with Crippen molar-refractivity contribution in [3.8, 4) is 11.5 Å². The van der Waals surface area contributed by atoms with Gasteiger partial charge in [0.1, 0.15) is 18.1 Å². The summed E-state index contributed by atoms with van der Waals surface area (Å²) in [6.07, 6.45) is 3.37. The Labute approximate surface area is 199 Å². The van der Waals surface area contributed by atoms with Crippen LogP contribution >= 0.6 is 0 Å². The summed E-state index contributed by atoms with van der Waals surface area (Å²) >= 11 is 0. The number of benzene rings is 3. The first kappa shape index (κ1) is 24.6. The van der Waals surface area contributed by atoms with E-state index in [2.05, 4.69) is 67.4 Å². The van der Waals surface area contributed by atoms with Crippen molar-refractivity contribution in [3.63, 3.8) is 0 Å². The van der Waals surface area contributed by atoms with E-state index in [9.17, 15) is 5.11 Å². The molecule has 1 unspecified atom stereocenters. The van der Waals surface area contributed by atoms with Crippen molar-refractivity contribution in [1.29, 1.82) is 0 Å². The summed E-state index contributed by atoms with van der Waals surface area (Å²) in [6.45, 7) is 8.09. The second kappa shape index (κ2) is 12.3. The van der Waals surface area contributed by atoms with E-state index in [-0.39, 0.29) is 5.75 Å². The molecule has 1 saturated heterocycles. The number of nitrogens with zero attached hydrogens (tertiary/aromatic N) is 1. The van der Waals surface area contributed by atoms with Gasteiger partial charge in [-0.25, -0.2) is 0 Å². The Bertz CT molecular complexity index is 1010. The first-order valence-corrected chi connectivity index (χ1v) is 12.2. The van der Waals surface area contributed by atoms with Gasteiger partial charge in [-0.2, -0.15) is 0 Å². The molecule has 174 valence electrons. The van der Waals surface area contributed by atoms with Crippen LogP contribution in [0.5, 0.6) is 11.5 Å². The molecule has 33 heavy (non-hydrogen) atoms. The summed E-state index contributed by atoms with van der Waals surface area (Å²) in [6, 6.07) is 27.0. The topological polar surface area (TPSA) is 32.7 Å². The number of ether oxygens (including phenoxy) is 1. The third-order valence-electron chi connectivity index (χ3n) is 6.19. The second-order valence-electron chi connectivity index (χ2n) is 8.23. The Morgan fingerprint density at radius 2 is 1.48 bits per heavy atom. The van der Waals surface area contributed by atoms with Crippen LogP contribution in [0.25, 0.3) is 11.1 Å². The van der Waals surface area contributed by atoms with Crippen LogP contribution in [0.1, 0.15) is 56.7 Å². The van der Waals surface area contributed by atoms with Crippen LogP contribution in [0.15, 0.2) is 78.9 Å². The molecule has 1 aliphatic rings. The zero-order valence-electron chi connectivity index (χ0n) is 20.4. The number of hydrogen-bond acceptors (Lipinski definition) is 3. The molecule has 1 atom stereocenters. The third-order valence-corrected chi connectivity index (χ3v) is 6.19. The summed E-state index contributed by atoms with van der Waals surface area (Å²) in [4.78, 5) is 2.38. The highest BCUT2D eigenvalue weighted by atomic mass is 16.5. The molecule has 0 aromatic heterocycles. The molecule has 0 saturated carbocycles. The van der Waals surface area contributed by atoms with Crippen molar-refractivity contribution >= 4 is 11.1 Å². The van der Waals surface area contributed by atoms with Gasteiger partial charge in [-0.15, -0.1) is 0 Å². The summed E-state index contributed by atoms with van der Waals surface area (Å²) in [5.41, 5.74) is 5.94. The fourth-order valence-corrected chi connectivity index (χ4v) is 4.41. The molecule has 0 aliphatic carbocycles. The molecule has 0 amide bonds. The highest BCUT2D eigenvalue weighted by Gasteiger charge is 2.21. The van der Waals surface area contributed by atoms with Gasteiger partial charge in [0.25, 0.3) is 0 Å². The van der Waals surface area contributed by atoms with Crippen LogP contribution in [-0.4, -0.2) is 36.2 Å².